The molecule has 0 unspecified atom stereocenters. The molecule has 7 heteroatoms. The third-order valence-electron chi connectivity index (χ3n) is 3.46. The van der Waals surface area contributed by atoms with Crippen LogP contribution in [0.5, 0.6) is 0 Å². The lowest BCUT2D eigenvalue weighted by molar-refractivity contribution is 0.150. The summed E-state index contributed by atoms with van der Waals surface area (Å²) >= 11 is 6.06. The minimum absolute atomic E-state index is 0.0380. The van der Waals surface area contributed by atoms with Crippen molar-refractivity contribution in [2.75, 3.05) is 38.2 Å². The Morgan fingerprint density at radius 3 is 2.86 bits per heavy atom. The summed E-state index contributed by atoms with van der Waals surface area (Å²) in [7, 11) is 1.83. The molecule has 1 amide bonds. The van der Waals surface area contributed by atoms with Crippen molar-refractivity contribution in [3.63, 3.8) is 0 Å². The van der Waals surface area contributed by atoms with Gasteiger partial charge in [0.05, 0.1) is 6.61 Å². The Morgan fingerprint density at radius 2 is 2.29 bits per heavy atom. The molecule has 2 N–H and O–H groups in total. The molecule has 2 rings (SSSR count). The maximum absolute atomic E-state index is 10.9. The summed E-state index contributed by atoms with van der Waals surface area (Å²) in [5.74, 6) is 0.688. The van der Waals surface area contributed by atoms with E-state index < -0.39 is 6.09 Å². The van der Waals surface area contributed by atoms with Crippen LogP contribution in [0.2, 0.25) is 5.15 Å². The van der Waals surface area contributed by atoms with Crippen molar-refractivity contribution in [3.05, 3.63) is 28.9 Å². The van der Waals surface area contributed by atoms with Gasteiger partial charge >= 0.3 is 6.09 Å². The normalized spacial score (nSPS) is 14.8. The van der Waals surface area contributed by atoms with Crippen molar-refractivity contribution >= 4 is 29.1 Å². The fraction of sp³-hybridized carbons (Fsp3) is 0.429. The Labute approximate surface area is 128 Å². The number of likely N-dealkylation sites (N-methyl/N-ethyl adjacent to an activating group) is 1. The zero-order valence-electron chi connectivity index (χ0n) is 11.8. The van der Waals surface area contributed by atoms with Crippen molar-refractivity contribution in [2.45, 2.75) is 6.42 Å². The molecule has 0 bridgehead atoms. The van der Waals surface area contributed by atoms with E-state index in [0.717, 1.165) is 11.1 Å². The number of anilines is 1. The van der Waals surface area contributed by atoms with E-state index in [1.807, 2.05) is 24.1 Å². The van der Waals surface area contributed by atoms with Crippen LogP contribution in [0.1, 0.15) is 12.0 Å². The molecular weight excluding hydrogens is 294 g/mol. The van der Waals surface area contributed by atoms with Crippen LogP contribution >= 0.6 is 11.6 Å². The molecule has 0 radical (unpaired) electrons. The van der Waals surface area contributed by atoms with Gasteiger partial charge in [-0.1, -0.05) is 17.7 Å². The fourth-order valence-corrected chi connectivity index (χ4v) is 2.44. The lowest BCUT2D eigenvalue weighted by Gasteiger charge is -2.24. The van der Waals surface area contributed by atoms with E-state index in [1.165, 1.54) is 4.90 Å². The van der Waals surface area contributed by atoms with Gasteiger partial charge in [-0.15, -0.1) is 0 Å². The Kier molecular flexibility index (Phi) is 5.03. The highest BCUT2D eigenvalue weighted by Gasteiger charge is 2.18. The first-order valence-electron chi connectivity index (χ1n) is 6.68. The summed E-state index contributed by atoms with van der Waals surface area (Å²) in [4.78, 5) is 18.3. The number of aromatic nitrogens is 1. The van der Waals surface area contributed by atoms with Crippen LogP contribution in [-0.2, 0) is 0 Å². The first-order chi connectivity index (χ1) is 10.0. The number of nitrogens with zero attached hydrogens (tertiary/aromatic N) is 3. The Balaban J connectivity index is 2.22. The molecule has 1 aromatic heterocycles. The molecule has 1 aliphatic rings. The summed E-state index contributed by atoms with van der Waals surface area (Å²) < 4.78 is 0. The highest BCUT2D eigenvalue weighted by atomic mass is 35.5. The van der Waals surface area contributed by atoms with Crippen molar-refractivity contribution in [2.24, 2.45) is 0 Å². The maximum Gasteiger partial charge on any atom is 0.407 e. The van der Waals surface area contributed by atoms with Gasteiger partial charge in [-0.3, -0.25) is 0 Å². The van der Waals surface area contributed by atoms with Crippen LogP contribution in [0.4, 0.5) is 10.6 Å². The van der Waals surface area contributed by atoms with Gasteiger partial charge < -0.3 is 20.0 Å². The lowest BCUT2D eigenvalue weighted by Crippen LogP contribution is -2.33. The predicted molar refractivity (Wildman–Crippen MR) is 81.8 cm³/mol. The second-order valence-corrected chi connectivity index (χ2v) is 5.28. The summed E-state index contributed by atoms with van der Waals surface area (Å²) in [6, 6.07) is 3.68. The Morgan fingerprint density at radius 1 is 1.52 bits per heavy atom. The van der Waals surface area contributed by atoms with Crippen molar-refractivity contribution in [3.8, 4) is 0 Å². The first kappa shape index (κ1) is 15.6. The topological polar surface area (TPSA) is 76.9 Å². The molecule has 0 fully saturated rings. The highest BCUT2D eigenvalue weighted by Crippen LogP contribution is 2.27. The molecule has 0 saturated heterocycles. The Bertz CT molecular complexity index is 562. The average molecular weight is 312 g/mol. The quantitative estimate of drug-likeness (QED) is 0.831. The van der Waals surface area contributed by atoms with E-state index in [2.05, 4.69) is 4.98 Å². The molecule has 0 saturated carbocycles. The van der Waals surface area contributed by atoms with Crippen LogP contribution in [0.25, 0.3) is 5.57 Å². The number of halogens is 1. The minimum Gasteiger partial charge on any atom is -0.465 e. The number of carboxylic acid groups (broad SMARTS) is 1. The number of carbonyl (C=O) groups is 1. The number of aliphatic hydroxyl groups is 1. The Hall–Kier alpha value is -1.79. The van der Waals surface area contributed by atoms with Crippen molar-refractivity contribution in [1.29, 1.82) is 0 Å². The number of pyridine rings is 1. The van der Waals surface area contributed by atoms with Gasteiger partial charge in [0, 0.05) is 26.7 Å². The minimum atomic E-state index is -0.901. The van der Waals surface area contributed by atoms with Gasteiger partial charge in [-0.25, -0.2) is 9.78 Å². The van der Waals surface area contributed by atoms with Crippen molar-refractivity contribution in [1.82, 2.24) is 9.88 Å². The molecule has 114 valence electrons. The fourth-order valence-electron chi connectivity index (χ4n) is 2.23. The predicted octanol–water partition coefficient (Wildman–Crippen LogP) is 1.93. The van der Waals surface area contributed by atoms with Gasteiger partial charge in [0.2, 0.25) is 0 Å². The van der Waals surface area contributed by atoms with E-state index in [4.69, 9.17) is 21.8 Å². The third-order valence-corrected chi connectivity index (χ3v) is 3.65. The second kappa shape index (κ2) is 6.78. The third kappa shape index (κ3) is 3.86. The van der Waals surface area contributed by atoms with E-state index >= 15 is 0 Å². The molecule has 2 heterocycles. The molecular formula is C14H18ClN3O3. The van der Waals surface area contributed by atoms with E-state index in [0.29, 0.717) is 37.0 Å². The van der Waals surface area contributed by atoms with E-state index in [9.17, 15) is 4.79 Å². The molecule has 1 aromatic rings. The first-order valence-corrected chi connectivity index (χ1v) is 7.06. The average Bonchev–Trinajstić information content (AvgIpc) is 2.47. The molecule has 21 heavy (non-hydrogen) atoms. The molecule has 1 aliphatic heterocycles. The molecule has 0 aliphatic carbocycles. The van der Waals surface area contributed by atoms with Crippen LogP contribution < -0.4 is 4.90 Å². The SMILES string of the molecule is CN(CCO)c1cc(C2=CCN(C(=O)O)CC2)cc(Cl)n1. The van der Waals surface area contributed by atoms with Gasteiger partial charge in [-0.05, 0) is 29.7 Å². The van der Waals surface area contributed by atoms with Gasteiger partial charge in [0.15, 0.2) is 0 Å². The number of rotatable bonds is 4. The van der Waals surface area contributed by atoms with Gasteiger partial charge in [-0.2, -0.15) is 0 Å². The summed E-state index contributed by atoms with van der Waals surface area (Å²) in [6.45, 7) is 1.37. The van der Waals surface area contributed by atoms with Crippen LogP contribution in [0.3, 0.4) is 0 Å². The van der Waals surface area contributed by atoms with Crippen LogP contribution in [0.15, 0.2) is 18.2 Å². The summed E-state index contributed by atoms with van der Waals surface area (Å²) in [6.07, 6.45) is 1.65. The van der Waals surface area contributed by atoms with Gasteiger partial charge in [0.25, 0.3) is 0 Å². The standard InChI is InChI=1S/C14H18ClN3O3/c1-17(6-7-19)13-9-11(8-12(15)16-13)10-2-4-18(5-3-10)14(20)21/h2,8-9,19H,3-7H2,1H3,(H,20,21). The van der Waals surface area contributed by atoms with Crippen LogP contribution in [0, 0.1) is 0 Å². The molecule has 0 atom stereocenters. The molecule has 0 aromatic carbocycles. The highest BCUT2D eigenvalue weighted by molar-refractivity contribution is 6.29. The zero-order valence-corrected chi connectivity index (χ0v) is 12.5. The largest absolute Gasteiger partial charge is 0.465 e. The second-order valence-electron chi connectivity index (χ2n) is 4.89. The summed E-state index contributed by atoms with van der Waals surface area (Å²) in [5, 5.41) is 18.3. The van der Waals surface area contributed by atoms with Gasteiger partial charge in [0.1, 0.15) is 11.0 Å². The number of hydrogen-bond acceptors (Lipinski definition) is 4. The number of aliphatic hydroxyl groups excluding tert-OH is 1. The molecule has 6 nitrogen and oxygen atoms in total. The maximum atomic E-state index is 10.9. The van der Waals surface area contributed by atoms with Crippen LogP contribution in [-0.4, -0.2) is 59.5 Å². The molecule has 0 spiro atoms. The number of hydrogen-bond donors (Lipinski definition) is 2. The number of amides is 1. The smallest absolute Gasteiger partial charge is 0.407 e. The van der Waals surface area contributed by atoms with E-state index in [-0.39, 0.29) is 6.61 Å². The van der Waals surface area contributed by atoms with E-state index in [1.54, 1.807) is 6.07 Å². The van der Waals surface area contributed by atoms with Crippen molar-refractivity contribution < 1.29 is 15.0 Å². The lowest BCUT2D eigenvalue weighted by atomic mass is 10.0. The summed E-state index contributed by atoms with van der Waals surface area (Å²) in [5.41, 5.74) is 2.01. The zero-order chi connectivity index (χ0) is 15.4. The monoisotopic (exact) mass is 311 g/mol.